The average Bonchev–Trinajstić information content (AvgIpc) is 3.46. The zero-order valence-corrected chi connectivity index (χ0v) is 17.8. The lowest BCUT2D eigenvalue weighted by Gasteiger charge is -2.21. The number of carbonyl (C=O) groups is 1. The summed E-state index contributed by atoms with van der Waals surface area (Å²) in [5.41, 5.74) is 5.48. The van der Waals surface area contributed by atoms with Crippen LogP contribution < -0.4 is 0 Å². The minimum Gasteiger partial charge on any atom is -0.445 e. The van der Waals surface area contributed by atoms with Gasteiger partial charge in [0.1, 0.15) is 6.26 Å². The molecule has 0 unspecified atom stereocenters. The second-order valence-corrected chi connectivity index (χ2v) is 8.56. The molecule has 0 saturated carbocycles. The highest BCUT2D eigenvalue weighted by Crippen LogP contribution is 2.38. The van der Waals surface area contributed by atoms with Gasteiger partial charge in [-0.15, -0.1) is 0 Å². The van der Waals surface area contributed by atoms with Gasteiger partial charge < -0.3 is 13.9 Å². The summed E-state index contributed by atoms with van der Waals surface area (Å²) in [5, 5.41) is 2.41. The minimum absolute atomic E-state index is 0.259. The maximum atomic E-state index is 12.4. The number of Topliss-reactive ketones (excluding diaryl/α,β-unsaturated/α-hetero) is 1. The van der Waals surface area contributed by atoms with Crippen molar-refractivity contribution in [3.05, 3.63) is 53.9 Å². The second-order valence-electron chi connectivity index (χ2n) is 8.56. The monoisotopic (exact) mass is 401 g/mol. The van der Waals surface area contributed by atoms with Crippen LogP contribution in [0.1, 0.15) is 42.6 Å². The fraction of sp³-hybridized carbons (Fsp3) is 0.360. The lowest BCUT2D eigenvalue weighted by atomic mass is 10.0. The molecule has 0 bridgehead atoms. The molecule has 5 nitrogen and oxygen atoms in total. The van der Waals surface area contributed by atoms with E-state index in [1.54, 1.807) is 12.5 Å². The number of aromatic nitrogens is 2. The Morgan fingerprint density at radius 2 is 2.00 bits per heavy atom. The predicted molar refractivity (Wildman–Crippen MR) is 120 cm³/mol. The summed E-state index contributed by atoms with van der Waals surface area (Å²) in [6, 6.07) is 11.1. The zero-order chi connectivity index (χ0) is 20.8. The molecule has 0 N–H and O–H groups in total. The Hall–Kier alpha value is -2.92. The Labute approximate surface area is 176 Å². The van der Waals surface area contributed by atoms with Gasteiger partial charge in [0.25, 0.3) is 0 Å². The lowest BCUT2D eigenvalue weighted by Crippen LogP contribution is -2.27. The van der Waals surface area contributed by atoms with Crippen LogP contribution in [-0.2, 0) is 13.0 Å². The summed E-state index contributed by atoms with van der Waals surface area (Å²) in [5.74, 6) is 0.884. The topological polar surface area (TPSA) is 51.3 Å². The first-order chi connectivity index (χ1) is 14.5. The van der Waals surface area contributed by atoms with E-state index in [1.807, 2.05) is 6.07 Å². The molecule has 0 fully saturated rings. The molecule has 1 aliphatic carbocycles. The van der Waals surface area contributed by atoms with Gasteiger partial charge in [0, 0.05) is 51.9 Å². The molecule has 0 spiro atoms. The zero-order valence-electron chi connectivity index (χ0n) is 17.8. The van der Waals surface area contributed by atoms with Crippen LogP contribution in [0.2, 0.25) is 0 Å². The van der Waals surface area contributed by atoms with Gasteiger partial charge in [-0.25, -0.2) is 4.98 Å². The van der Waals surface area contributed by atoms with Crippen LogP contribution in [0.4, 0.5) is 0 Å². The first-order valence-electron chi connectivity index (χ1n) is 10.8. The summed E-state index contributed by atoms with van der Waals surface area (Å²) >= 11 is 0. The molecular formula is C25H27N3O2. The third kappa shape index (κ3) is 3.05. The molecule has 5 heteroatoms. The predicted octanol–water partition coefficient (Wildman–Crippen LogP) is 5.31. The summed E-state index contributed by atoms with van der Waals surface area (Å²) in [7, 11) is 2.18. The summed E-state index contributed by atoms with van der Waals surface area (Å²) in [4.78, 5) is 19.1. The van der Waals surface area contributed by atoms with Gasteiger partial charge in [0.05, 0.1) is 6.20 Å². The maximum Gasteiger partial charge on any atom is 0.225 e. The van der Waals surface area contributed by atoms with E-state index in [9.17, 15) is 4.79 Å². The number of nitrogens with zero attached hydrogens (tertiary/aromatic N) is 3. The van der Waals surface area contributed by atoms with Crippen LogP contribution in [0, 0.1) is 0 Å². The van der Waals surface area contributed by atoms with E-state index < -0.39 is 0 Å². The smallest absolute Gasteiger partial charge is 0.225 e. The molecule has 4 aromatic rings. The highest BCUT2D eigenvalue weighted by atomic mass is 16.3. The Balaban J connectivity index is 1.66. The third-order valence-corrected chi connectivity index (χ3v) is 6.49. The van der Waals surface area contributed by atoms with Gasteiger partial charge in [-0.2, -0.15) is 0 Å². The highest BCUT2D eigenvalue weighted by Gasteiger charge is 2.25. The normalized spacial score (nSPS) is 14.0. The van der Waals surface area contributed by atoms with Gasteiger partial charge in [0.2, 0.25) is 5.89 Å². The SMILES string of the molecule is CC(C)N(C)CCCn1c2ccc(-c3ncco3)cc2c2c3c(ccc21)C(=O)CC3. The van der Waals surface area contributed by atoms with Crippen molar-refractivity contribution >= 4 is 27.6 Å². The van der Waals surface area contributed by atoms with Crippen LogP contribution >= 0.6 is 0 Å². The molecule has 0 aliphatic heterocycles. The number of hydrogen-bond acceptors (Lipinski definition) is 4. The van der Waals surface area contributed by atoms with E-state index >= 15 is 0 Å². The number of hydrogen-bond donors (Lipinski definition) is 0. The van der Waals surface area contributed by atoms with Crippen molar-refractivity contribution in [2.45, 2.75) is 45.7 Å². The number of rotatable bonds is 6. The number of benzene rings is 2. The van der Waals surface area contributed by atoms with E-state index in [2.05, 4.69) is 59.6 Å². The first kappa shape index (κ1) is 19.1. The summed E-state index contributed by atoms with van der Waals surface area (Å²) in [6.45, 7) is 6.45. The van der Waals surface area contributed by atoms with Crippen molar-refractivity contribution in [1.29, 1.82) is 0 Å². The number of fused-ring (bicyclic) bond motifs is 5. The van der Waals surface area contributed by atoms with Crippen molar-refractivity contribution in [3.63, 3.8) is 0 Å². The largest absolute Gasteiger partial charge is 0.445 e. The Morgan fingerprint density at radius 1 is 1.17 bits per heavy atom. The molecule has 2 aromatic carbocycles. The quantitative estimate of drug-likeness (QED) is 0.439. The van der Waals surface area contributed by atoms with Crippen molar-refractivity contribution < 1.29 is 9.21 Å². The van der Waals surface area contributed by atoms with Crippen molar-refractivity contribution in [1.82, 2.24) is 14.5 Å². The third-order valence-electron chi connectivity index (χ3n) is 6.49. The van der Waals surface area contributed by atoms with Gasteiger partial charge in [0.15, 0.2) is 5.78 Å². The van der Waals surface area contributed by atoms with Crippen LogP contribution in [-0.4, -0.2) is 39.9 Å². The van der Waals surface area contributed by atoms with Crippen molar-refractivity contribution in [3.8, 4) is 11.5 Å². The van der Waals surface area contributed by atoms with Crippen molar-refractivity contribution in [2.24, 2.45) is 0 Å². The molecule has 154 valence electrons. The van der Waals surface area contributed by atoms with Gasteiger partial charge >= 0.3 is 0 Å². The Bertz CT molecular complexity index is 1230. The van der Waals surface area contributed by atoms with Gasteiger partial charge in [-0.1, -0.05) is 0 Å². The summed E-state index contributed by atoms with van der Waals surface area (Å²) < 4.78 is 7.95. The van der Waals surface area contributed by atoms with Crippen LogP contribution in [0.5, 0.6) is 0 Å². The number of aryl methyl sites for hydroxylation is 2. The molecule has 2 heterocycles. The van der Waals surface area contributed by atoms with Crippen LogP contribution in [0.25, 0.3) is 33.3 Å². The number of ketones is 1. The van der Waals surface area contributed by atoms with Crippen LogP contribution in [0.15, 0.2) is 47.2 Å². The molecule has 2 aromatic heterocycles. The minimum atomic E-state index is 0.259. The van der Waals surface area contributed by atoms with E-state index in [0.29, 0.717) is 18.4 Å². The van der Waals surface area contributed by atoms with E-state index in [0.717, 1.165) is 37.1 Å². The molecule has 30 heavy (non-hydrogen) atoms. The Morgan fingerprint density at radius 3 is 2.77 bits per heavy atom. The molecule has 0 radical (unpaired) electrons. The maximum absolute atomic E-state index is 12.4. The fourth-order valence-corrected chi connectivity index (χ4v) is 4.63. The fourth-order valence-electron chi connectivity index (χ4n) is 4.63. The Kier molecular flexibility index (Phi) is 4.70. The van der Waals surface area contributed by atoms with E-state index in [1.165, 1.54) is 27.4 Å². The highest BCUT2D eigenvalue weighted by molar-refractivity contribution is 6.15. The standard InChI is InChI=1S/C25H27N3O2/c1-16(2)27(3)12-4-13-28-21-8-5-17(25-26-11-14-30-25)15-20(21)24-19-7-10-23(29)18(19)6-9-22(24)28/h5-6,8-9,11,14-16H,4,7,10,12-13H2,1-3H3. The molecule has 0 atom stereocenters. The van der Waals surface area contributed by atoms with Crippen molar-refractivity contribution in [2.75, 3.05) is 13.6 Å². The first-order valence-corrected chi connectivity index (χ1v) is 10.8. The molecule has 5 rings (SSSR count). The molecular weight excluding hydrogens is 374 g/mol. The molecule has 0 amide bonds. The van der Waals surface area contributed by atoms with E-state index in [-0.39, 0.29) is 5.78 Å². The number of oxazole rings is 1. The molecule has 1 aliphatic rings. The molecule has 0 saturated heterocycles. The second kappa shape index (κ2) is 7.40. The van der Waals surface area contributed by atoms with Crippen LogP contribution in [0.3, 0.4) is 0 Å². The lowest BCUT2D eigenvalue weighted by molar-refractivity contribution is 0.0994. The van der Waals surface area contributed by atoms with E-state index in [4.69, 9.17) is 4.42 Å². The van der Waals surface area contributed by atoms with Gasteiger partial charge in [-0.3, -0.25) is 4.79 Å². The van der Waals surface area contributed by atoms with Gasteiger partial charge in [-0.05, 0) is 76.2 Å². The number of carbonyl (C=O) groups excluding carboxylic acids is 1. The average molecular weight is 402 g/mol. The summed E-state index contributed by atoms with van der Waals surface area (Å²) in [6.07, 6.45) is 5.78.